The van der Waals surface area contributed by atoms with Crippen molar-refractivity contribution in [3.05, 3.63) is 65.3 Å². The number of halogens is 1. The highest BCUT2D eigenvalue weighted by Gasteiger charge is 2.11. The number of fused-ring (bicyclic) bond motifs is 1. The normalized spacial score (nSPS) is 15.0. The Bertz CT molecular complexity index is 839. The van der Waals surface area contributed by atoms with Crippen molar-refractivity contribution in [2.24, 2.45) is 0 Å². The molecule has 1 aromatic heterocycles. The molecule has 1 fully saturated rings. The van der Waals surface area contributed by atoms with Crippen molar-refractivity contribution < 1.29 is 0 Å². The summed E-state index contributed by atoms with van der Waals surface area (Å²) in [5.74, 6) is 0. The molecule has 0 aliphatic carbocycles. The van der Waals surface area contributed by atoms with Gasteiger partial charge in [0.1, 0.15) is 0 Å². The fourth-order valence-electron chi connectivity index (χ4n) is 3.28. The summed E-state index contributed by atoms with van der Waals surface area (Å²) in [7, 11) is 0. The first kappa shape index (κ1) is 15.4. The maximum Gasteiger partial charge on any atom is 0.0737 e. The molecule has 1 aliphatic heterocycles. The van der Waals surface area contributed by atoms with E-state index >= 15 is 0 Å². The second kappa shape index (κ2) is 6.80. The predicted molar refractivity (Wildman–Crippen MR) is 101 cm³/mol. The van der Waals surface area contributed by atoms with E-state index in [1.807, 2.05) is 30.5 Å². The Morgan fingerprint density at radius 2 is 1.79 bits per heavy atom. The number of likely N-dealkylation sites (tertiary alicyclic amines) is 1. The third kappa shape index (κ3) is 3.37. The standard InChI is InChI=1S/C20H20ClN3/c21-16-5-8-18-19(9-10-22-20(18)13-16)23-17-6-3-15(4-7-17)14-24-11-1-2-12-24/h3-10,13H,1-2,11-12,14H2,(H,22,23). The minimum absolute atomic E-state index is 0.707. The average molecular weight is 338 g/mol. The minimum Gasteiger partial charge on any atom is -0.355 e. The molecule has 0 atom stereocenters. The first-order valence-electron chi connectivity index (χ1n) is 8.40. The lowest BCUT2D eigenvalue weighted by Gasteiger charge is -2.15. The van der Waals surface area contributed by atoms with E-state index in [2.05, 4.69) is 39.5 Å². The van der Waals surface area contributed by atoms with E-state index < -0.39 is 0 Å². The fourth-order valence-corrected chi connectivity index (χ4v) is 3.44. The fraction of sp³-hybridized carbons (Fsp3) is 0.250. The van der Waals surface area contributed by atoms with Crippen LogP contribution in [0.2, 0.25) is 5.02 Å². The van der Waals surface area contributed by atoms with Gasteiger partial charge in [-0.25, -0.2) is 0 Å². The molecule has 4 rings (SSSR count). The molecule has 3 nitrogen and oxygen atoms in total. The van der Waals surface area contributed by atoms with Gasteiger partial charge in [-0.15, -0.1) is 0 Å². The maximum absolute atomic E-state index is 6.05. The minimum atomic E-state index is 0.707. The number of anilines is 2. The molecule has 0 radical (unpaired) electrons. The van der Waals surface area contributed by atoms with Crippen LogP contribution in [0.25, 0.3) is 10.9 Å². The molecular formula is C20H20ClN3. The topological polar surface area (TPSA) is 28.2 Å². The van der Waals surface area contributed by atoms with Gasteiger partial charge in [-0.05, 0) is 67.9 Å². The first-order valence-corrected chi connectivity index (χ1v) is 8.78. The molecule has 0 amide bonds. The molecule has 4 heteroatoms. The number of pyridine rings is 1. The van der Waals surface area contributed by atoms with Crippen LogP contribution in [0.5, 0.6) is 0 Å². The Morgan fingerprint density at radius 3 is 2.58 bits per heavy atom. The van der Waals surface area contributed by atoms with E-state index in [0.717, 1.165) is 28.8 Å². The van der Waals surface area contributed by atoms with Crippen molar-refractivity contribution in [1.82, 2.24) is 9.88 Å². The number of nitrogens with zero attached hydrogens (tertiary/aromatic N) is 2. The Labute approximate surface area is 147 Å². The number of hydrogen-bond donors (Lipinski definition) is 1. The predicted octanol–water partition coefficient (Wildman–Crippen LogP) is 5.23. The highest BCUT2D eigenvalue weighted by molar-refractivity contribution is 6.31. The Hall–Kier alpha value is -2.10. The summed E-state index contributed by atoms with van der Waals surface area (Å²) < 4.78 is 0. The van der Waals surface area contributed by atoms with E-state index in [0.29, 0.717) is 5.02 Å². The number of aromatic nitrogens is 1. The van der Waals surface area contributed by atoms with Gasteiger partial charge in [0.25, 0.3) is 0 Å². The summed E-state index contributed by atoms with van der Waals surface area (Å²) in [5.41, 5.74) is 4.40. The van der Waals surface area contributed by atoms with Gasteiger partial charge in [0.05, 0.1) is 5.52 Å². The largest absolute Gasteiger partial charge is 0.355 e. The molecule has 0 bridgehead atoms. The van der Waals surface area contributed by atoms with Crippen molar-refractivity contribution in [2.45, 2.75) is 19.4 Å². The lowest BCUT2D eigenvalue weighted by Crippen LogP contribution is -2.18. The van der Waals surface area contributed by atoms with Gasteiger partial charge in [-0.3, -0.25) is 9.88 Å². The lowest BCUT2D eigenvalue weighted by molar-refractivity contribution is 0.331. The monoisotopic (exact) mass is 337 g/mol. The summed E-state index contributed by atoms with van der Waals surface area (Å²) in [5, 5.41) is 5.27. The van der Waals surface area contributed by atoms with Crippen molar-refractivity contribution >= 4 is 33.9 Å². The molecule has 0 unspecified atom stereocenters. The molecule has 1 aliphatic rings. The van der Waals surface area contributed by atoms with Crippen LogP contribution in [0.1, 0.15) is 18.4 Å². The van der Waals surface area contributed by atoms with E-state index in [1.165, 1.54) is 31.5 Å². The van der Waals surface area contributed by atoms with E-state index in [4.69, 9.17) is 11.6 Å². The molecule has 3 aromatic rings. The first-order chi connectivity index (χ1) is 11.8. The summed E-state index contributed by atoms with van der Waals surface area (Å²) >= 11 is 6.05. The van der Waals surface area contributed by atoms with Crippen molar-refractivity contribution in [3.63, 3.8) is 0 Å². The number of benzene rings is 2. The van der Waals surface area contributed by atoms with Crippen LogP contribution >= 0.6 is 11.6 Å². The molecule has 24 heavy (non-hydrogen) atoms. The molecule has 1 saturated heterocycles. The molecular weight excluding hydrogens is 318 g/mol. The zero-order chi connectivity index (χ0) is 16.4. The molecule has 2 aromatic carbocycles. The van der Waals surface area contributed by atoms with Crippen LogP contribution in [0.3, 0.4) is 0 Å². The number of hydrogen-bond acceptors (Lipinski definition) is 3. The van der Waals surface area contributed by atoms with E-state index in [-0.39, 0.29) is 0 Å². The zero-order valence-electron chi connectivity index (χ0n) is 13.5. The van der Waals surface area contributed by atoms with Gasteiger partial charge in [0.2, 0.25) is 0 Å². The molecule has 2 heterocycles. The van der Waals surface area contributed by atoms with Crippen LogP contribution in [0.4, 0.5) is 11.4 Å². The smallest absolute Gasteiger partial charge is 0.0737 e. The molecule has 122 valence electrons. The highest BCUT2D eigenvalue weighted by Crippen LogP contribution is 2.27. The van der Waals surface area contributed by atoms with Gasteiger partial charge >= 0.3 is 0 Å². The van der Waals surface area contributed by atoms with Gasteiger partial charge in [-0.1, -0.05) is 23.7 Å². The Morgan fingerprint density at radius 1 is 1.00 bits per heavy atom. The Kier molecular flexibility index (Phi) is 4.37. The maximum atomic E-state index is 6.05. The van der Waals surface area contributed by atoms with Crippen LogP contribution in [-0.2, 0) is 6.54 Å². The van der Waals surface area contributed by atoms with Gasteiger partial charge in [0, 0.05) is 34.5 Å². The molecule has 0 saturated carbocycles. The van der Waals surface area contributed by atoms with E-state index in [9.17, 15) is 0 Å². The SMILES string of the molecule is Clc1ccc2c(Nc3ccc(CN4CCCC4)cc3)ccnc2c1. The van der Waals surface area contributed by atoms with Crippen LogP contribution in [0, 0.1) is 0 Å². The quantitative estimate of drug-likeness (QED) is 0.706. The third-order valence-corrected chi connectivity index (χ3v) is 4.78. The number of nitrogens with one attached hydrogen (secondary N) is 1. The highest BCUT2D eigenvalue weighted by atomic mass is 35.5. The van der Waals surface area contributed by atoms with Crippen molar-refractivity contribution in [2.75, 3.05) is 18.4 Å². The molecule has 0 spiro atoms. The summed E-state index contributed by atoms with van der Waals surface area (Å²) in [6.45, 7) is 3.51. The van der Waals surface area contributed by atoms with Crippen LogP contribution in [0.15, 0.2) is 54.7 Å². The summed E-state index contributed by atoms with van der Waals surface area (Å²) in [6, 6.07) is 16.5. The number of rotatable bonds is 4. The summed E-state index contributed by atoms with van der Waals surface area (Å²) in [4.78, 5) is 6.90. The molecule has 1 N–H and O–H groups in total. The zero-order valence-corrected chi connectivity index (χ0v) is 14.3. The van der Waals surface area contributed by atoms with Crippen LogP contribution in [-0.4, -0.2) is 23.0 Å². The third-order valence-electron chi connectivity index (χ3n) is 4.54. The van der Waals surface area contributed by atoms with Gasteiger partial charge in [-0.2, -0.15) is 0 Å². The van der Waals surface area contributed by atoms with Crippen LogP contribution < -0.4 is 5.32 Å². The van der Waals surface area contributed by atoms with Gasteiger partial charge < -0.3 is 5.32 Å². The second-order valence-electron chi connectivity index (χ2n) is 6.33. The Balaban J connectivity index is 1.53. The lowest BCUT2D eigenvalue weighted by atomic mass is 10.1. The van der Waals surface area contributed by atoms with E-state index in [1.54, 1.807) is 0 Å². The van der Waals surface area contributed by atoms with Crippen molar-refractivity contribution in [1.29, 1.82) is 0 Å². The second-order valence-corrected chi connectivity index (χ2v) is 6.76. The van der Waals surface area contributed by atoms with Gasteiger partial charge in [0.15, 0.2) is 0 Å². The van der Waals surface area contributed by atoms with Crippen molar-refractivity contribution in [3.8, 4) is 0 Å². The summed E-state index contributed by atoms with van der Waals surface area (Å²) in [6.07, 6.45) is 4.47. The average Bonchev–Trinajstić information content (AvgIpc) is 3.09.